The molecule has 0 saturated carbocycles. The summed E-state index contributed by atoms with van der Waals surface area (Å²) in [6.45, 7) is 2.03. The molecular weight excluding hydrogens is 290 g/mol. The summed E-state index contributed by atoms with van der Waals surface area (Å²) < 4.78 is 0. The Bertz CT molecular complexity index is 601. The van der Waals surface area contributed by atoms with Crippen LogP contribution in [0.2, 0.25) is 6.04 Å². The van der Waals surface area contributed by atoms with Crippen LogP contribution in [0.1, 0.15) is 35.3 Å². The Morgan fingerprint density at radius 2 is 1.82 bits per heavy atom. The number of nitrogens with one attached hydrogen (secondary N) is 1. The van der Waals surface area contributed by atoms with Crippen molar-refractivity contribution in [3.8, 4) is 0 Å². The summed E-state index contributed by atoms with van der Waals surface area (Å²) in [6.07, 6.45) is 1.11. The molecule has 4 heteroatoms. The van der Waals surface area contributed by atoms with E-state index in [1.807, 2.05) is 54.6 Å². The van der Waals surface area contributed by atoms with Crippen molar-refractivity contribution in [1.82, 2.24) is 5.32 Å². The van der Waals surface area contributed by atoms with Crippen molar-refractivity contribution in [3.63, 3.8) is 0 Å². The van der Waals surface area contributed by atoms with Gasteiger partial charge in [0.2, 0.25) is 0 Å². The summed E-state index contributed by atoms with van der Waals surface area (Å²) in [5.74, 6) is -0.123. The lowest BCUT2D eigenvalue weighted by atomic mass is 10.1. The Labute approximate surface area is 134 Å². The van der Waals surface area contributed by atoms with Gasteiger partial charge in [-0.25, -0.2) is 0 Å². The normalized spacial score (nSPS) is 11.9. The van der Waals surface area contributed by atoms with Gasteiger partial charge >= 0.3 is 0 Å². The lowest BCUT2D eigenvalue weighted by Crippen LogP contribution is -2.35. The van der Waals surface area contributed by atoms with E-state index in [9.17, 15) is 9.90 Å². The molecule has 0 bridgehead atoms. The molecule has 3 nitrogen and oxygen atoms in total. The molecule has 0 aliphatic carbocycles. The van der Waals surface area contributed by atoms with E-state index in [1.165, 1.54) is 0 Å². The highest BCUT2D eigenvalue weighted by Gasteiger charge is 2.16. The topological polar surface area (TPSA) is 49.3 Å². The number of aliphatic hydroxyl groups is 1. The number of hydrogen-bond donors (Lipinski definition) is 2. The Hall–Kier alpha value is -1.91. The molecule has 2 aromatic rings. The first kappa shape index (κ1) is 16.5. The van der Waals surface area contributed by atoms with Crippen molar-refractivity contribution in [1.29, 1.82) is 0 Å². The fraction of sp³-hybridized carbons (Fsp3) is 0.278. The molecule has 1 unspecified atom stereocenters. The summed E-state index contributed by atoms with van der Waals surface area (Å²) >= 11 is 0. The zero-order valence-electron chi connectivity index (χ0n) is 12.8. The molecule has 22 heavy (non-hydrogen) atoms. The molecule has 1 amide bonds. The van der Waals surface area contributed by atoms with Gasteiger partial charge in [0.15, 0.2) is 0 Å². The fourth-order valence-corrected chi connectivity index (χ4v) is 3.37. The maximum Gasteiger partial charge on any atom is 0.251 e. The van der Waals surface area contributed by atoms with Crippen LogP contribution in [-0.2, 0) is 0 Å². The number of amides is 1. The molecule has 2 rings (SSSR count). The van der Waals surface area contributed by atoms with Crippen molar-refractivity contribution < 1.29 is 9.90 Å². The predicted octanol–water partition coefficient (Wildman–Crippen LogP) is 2.31. The minimum absolute atomic E-state index is 0.116. The van der Waals surface area contributed by atoms with Crippen LogP contribution < -0.4 is 10.5 Å². The Kier molecular flexibility index (Phi) is 6.37. The molecule has 0 aromatic heterocycles. The van der Waals surface area contributed by atoms with Gasteiger partial charge in [-0.05, 0) is 11.6 Å². The molecule has 0 heterocycles. The third-order valence-electron chi connectivity index (χ3n) is 3.43. The molecule has 0 saturated heterocycles. The van der Waals surface area contributed by atoms with Gasteiger partial charge in [0.05, 0.1) is 22.2 Å². The van der Waals surface area contributed by atoms with Crippen molar-refractivity contribution >= 4 is 20.6 Å². The van der Waals surface area contributed by atoms with Crippen LogP contribution in [0.3, 0.4) is 0 Å². The van der Waals surface area contributed by atoms with Crippen molar-refractivity contribution in [2.45, 2.75) is 25.4 Å². The summed E-state index contributed by atoms with van der Waals surface area (Å²) in [6, 6.07) is 18.0. The average molecular weight is 311 g/mol. The monoisotopic (exact) mass is 311 g/mol. The Morgan fingerprint density at radius 3 is 2.50 bits per heavy atom. The van der Waals surface area contributed by atoms with Crippen LogP contribution in [0, 0.1) is 0 Å². The smallest absolute Gasteiger partial charge is 0.251 e. The number of carbonyl (C=O) groups excluding carboxylic acids is 1. The number of aliphatic hydroxyl groups excluding tert-OH is 1. The zero-order valence-corrected chi connectivity index (χ0v) is 13.8. The van der Waals surface area contributed by atoms with E-state index in [0.717, 1.165) is 23.2 Å². The largest absolute Gasteiger partial charge is 0.394 e. The van der Waals surface area contributed by atoms with E-state index in [0.29, 0.717) is 15.1 Å². The zero-order chi connectivity index (χ0) is 15.8. The quantitative estimate of drug-likeness (QED) is 0.771. The maximum atomic E-state index is 12.6. The van der Waals surface area contributed by atoms with E-state index < -0.39 is 0 Å². The molecule has 1 atom stereocenters. The van der Waals surface area contributed by atoms with Crippen molar-refractivity contribution in [2.75, 3.05) is 6.61 Å². The summed E-state index contributed by atoms with van der Waals surface area (Å²) in [5.41, 5.74) is 1.62. The van der Waals surface area contributed by atoms with Gasteiger partial charge in [0.1, 0.15) is 0 Å². The third kappa shape index (κ3) is 4.29. The van der Waals surface area contributed by atoms with Crippen LogP contribution >= 0.6 is 0 Å². The van der Waals surface area contributed by atoms with Gasteiger partial charge in [-0.3, -0.25) is 4.79 Å². The first-order chi connectivity index (χ1) is 10.8. The molecule has 0 aliphatic heterocycles. The fourth-order valence-electron chi connectivity index (χ4n) is 2.25. The molecule has 2 N–H and O–H groups in total. The van der Waals surface area contributed by atoms with Gasteiger partial charge in [-0.15, -0.1) is 0 Å². The van der Waals surface area contributed by atoms with E-state index in [1.54, 1.807) is 0 Å². The lowest BCUT2D eigenvalue weighted by Gasteiger charge is -2.18. The third-order valence-corrected chi connectivity index (χ3v) is 4.99. The minimum atomic E-state index is -0.378. The number of hydrogen-bond acceptors (Lipinski definition) is 2. The highest BCUT2D eigenvalue weighted by Crippen LogP contribution is 2.12. The van der Waals surface area contributed by atoms with Crippen molar-refractivity contribution in [2.24, 2.45) is 0 Å². The lowest BCUT2D eigenvalue weighted by molar-refractivity contribution is 0.0917. The summed E-state index contributed by atoms with van der Waals surface area (Å²) in [4.78, 5) is 12.6. The highest BCUT2D eigenvalue weighted by molar-refractivity contribution is 6.55. The molecule has 2 aromatic carbocycles. The summed E-state index contributed by atoms with van der Waals surface area (Å²) in [7, 11) is 0.637. The Morgan fingerprint density at radius 1 is 1.14 bits per heavy atom. The van der Waals surface area contributed by atoms with Crippen LogP contribution in [-0.4, -0.2) is 27.1 Å². The molecular formula is C18H21NO2Si. The van der Waals surface area contributed by atoms with E-state index >= 15 is 0 Å². The number of rotatable bonds is 7. The van der Waals surface area contributed by atoms with Crippen LogP contribution in [0.4, 0.5) is 0 Å². The van der Waals surface area contributed by atoms with E-state index in [-0.39, 0.29) is 18.6 Å². The minimum Gasteiger partial charge on any atom is -0.394 e. The molecule has 0 aliphatic rings. The number of carbonyl (C=O) groups is 1. The van der Waals surface area contributed by atoms with Gasteiger partial charge in [-0.2, -0.15) is 0 Å². The van der Waals surface area contributed by atoms with Crippen LogP contribution in [0.15, 0.2) is 54.6 Å². The van der Waals surface area contributed by atoms with Gasteiger partial charge < -0.3 is 10.4 Å². The van der Waals surface area contributed by atoms with E-state index in [2.05, 4.69) is 12.2 Å². The molecule has 114 valence electrons. The van der Waals surface area contributed by atoms with Gasteiger partial charge in [0, 0.05) is 5.56 Å². The van der Waals surface area contributed by atoms with Crippen molar-refractivity contribution in [3.05, 3.63) is 65.7 Å². The molecule has 2 radical (unpaired) electrons. The average Bonchev–Trinajstić information content (AvgIpc) is 2.58. The van der Waals surface area contributed by atoms with Crippen LogP contribution in [0.5, 0.6) is 0 Å². The van der Waals surface area contributed by atoms with E-state index in [4.69, 9.17) is 0 Å². The second-order valence-corrected chi connectivity index (χ2v) is 6.48. The summed E-state index contributed by atoms with van der Waals surface area (Å²) in [5, 5.41) is 13.6. The van der Waals surface area contributed by atoms with Gasteiger partial charge in [-0.1, -0.05) is 73.1 Å². The second kappa shape index (κ2) is 8.51. The first-order valence-electron chi connectivity index (χ1n) is 7.55. The van der Waals surface area contributed by atoms with Gasteiger partial charge in [0.25, 0.3) is 5.91 Å². The standard InChI is InChI=1S/C18H21NO2Si/c1-2-12-22-17-11-7-6-10-15(17)18(21)19-16(13-20)14-8-4-3-5-9-14/h3-11,16,20H,2,12-13H2,1H3,(H,19,21). The predicted molar refractivity (Wildman–Crippen MR) is 90.7 cm³/mol. The second-order valence-electron chi connectivity index (χ2n) is 5.09. The highest BCUT2D eigenvalue weighted by atomic mass is 28.2. The Balaban J connectivity index is 2.14. The maximum absolute atomic E-state index is 12.6. The number of benzene rings is 2. The SMILES string of the molecule is CCC[Si]c1ccccc1C(=O)NC(CO)c1ccccc1. The molecule has 0 spiro atoms. The van der Waals surface area contributed by atoms with Crippen LogP contribution in [0.25, 0.3) is 0 Å². The first-order valence-corrected chi connectivity index (χ1v) is 8.76. The molecule has 0 fully saturated rings.